The van der Waals surface area contributed by atoms with Gasteiger partial charge in [-0.3, -0.25) is 24.0 Å². The standard InChI is InChI=1S/C23H26N4O4.C22H29N3O4.C20H26N4O3.C19H24N4O3.C18H21N3O3S/c1-23(2)12-14-10-17(18(11-19(14)31-23)27-6-8-30-9-7-27)25-22(29)15-4-3-5-16-21(15)26-20(13-28)24-16;1-21(2,3)20-24-16(13-28-20)19(26)23-15-10-14-12-22(4,5)29-18(14)11-17(15)25-6-8-27-9-7-25;1-4-14-12-21-18(22-14)19(25)23-15-9-13-11-20(2,3)27-17(13)10-16(15)24-5-7-26-8-6-24;1-12-11-20-17(21-12)18(24)22-14-8-13-10-19(2,3)26-16(13)9-15(14)23-4-6-25-7-5-23;1-18(2)9-12-7-13(20-17(22)14-10-25-11-19-14)15(8-16(12)24-18)21-3-5-23-6-4-21/h3-5,10-11,28H,6-9,12-13H2,1-2H3,(H,24,26)(H,25,29);10-11,13H,6-9,12H2,1-5H3,(H,23,26);9-10,12H,4-8,11H2,1-3H3,(H,21,22)(H,23,25);8-9,11H,4-7,10H2,1-3H3,(H,20,21)(H,22,24);7-8,10-11H,3-6,9H2,1-2H3,(H,20,22). The minimum atomic E-state index is -0.281. The van der Waals surface area contributed by atoms with E-state index < -0.39 is 0 Å². The molecule has 0 spiro atoms. The number of amides is 5. The van der Waals surface area contributed by atoms with E-state index in [4.69, 9.17) is 51.8 Å². The minimum Gasteiger partial charge on any atom is -0.487 e. The number of H-pyrrole nitrogens is 3. The molecule has 138 heavy (non-hydrogen) atoms. The Morgan fingerprint density at radius 2 is 0.768 bits per heavy atom. The SMILES string of the molecule is CC1(C)Cc2cc(NC(=O)c3cccc4[nH]c(CO)nc34)c(N3CCOCC3)cc2O1.CC1(C)Cc2cc(NC(=O)c3coc(C(C)(C)C)n3)c(N3CCOCC3)cc2O1.CC1(C)Cc2cc(NC(=O)c3cscn3)c(N3CCOCC3)cc2O1.CCc1cnc(C(=O)Nc2cc3c(cc2N2CCOCC2)OC(C)(C)C3)[nH]1.Cc1cnc(C(=O)Nc2cc3c(cc2N2CCOCC2)OC(C)(C)C3)[nH]1. The third-order valence-corrected chi connectivity index (χ3v) is 25.6. The second-order valence-electron chi connectivity index (χ2n) is 40.1. The van der Waals surface area contributed by atoms with Crippen LogP contribution in [0.15, 0.2) is 113 Å². The number of carbonyl (C=O) groups excluding carboxylic acids is 5. The van der Waals surface area contributed by atoms with Gasteiger partial charge in [-0.1, -0.05) is 33.8 Å². The van der Waals surface area contributed by atoms with Gasteiger partial charge in [0.1, 0.15) is 86.7 Å². The first-order valence-electron chi connectivity index (χ1n) is 47.4. The molecule has 11 aromatic rings. The van der Waals surface area contributed by atoms with E-state index >= 15 is 0 Å². The quantitative estimate of drug-likeness (QED) is 0.0409. The van der Waals surface area contributed by atoms with E-state index in [1.807, 2.05) is 101 Å². The number of aromatic amines is 3. The molecule has 10 aliphatic rings. The largest absolute Gasteiger partial charge is 0.487 e. The molecule has 6 aromatic carbocycles. The number of thiazole rings is 1. The van der Waals surface area contributed by atoms with Crippen molar-refractivity contribution in [2.75, 3.05) is 183 Å². The van der Waals surface area contributed by atoms with Gasteiger partial charge in [0.2, 0.25) is 0 Å². The molecular formula is C102H126N18O17S. The molecule has 732 valence electrons. The fourth-order valence-electron chi connectivity index (χ4n) is 18.5. The highest BCUT2D eigenvalue weighted by atomic mass is 32.1. The summed E-state index contributed by atoms with van der Waals surface area (Å²) in [6, 6.07) is 25.7. The van der Waals surface area contributed by atoms with Crippen molar-refractivity contribution in [3.63, 3.8) is 0 Å². The lowest BCUT2D eigenvalue weighted by Crippen LogP contribution is -2.36. The van der Waals surface area contributed by atoms with Crippen LogP contribution >= 0.6 is 11.3 Å². The summed E-state index contributed by atoms with van der Waals surface area (Å²) in [5.74, 6) is 4.86. The summed E-state index contributed by atoms with van der Waals surface area (Å²) in [5.41, 5.74) is 18.6. The number of oxazole rings is 1. The number of ether oxygens (including phenoxy) is 10. The van der Waals surface area contributed by atoms with Crippen molar-refractivity contribution in [3.05, 3.63) is 188 Å². The average molecular weight is 1910 g/mol. The number of anilines is 10. The number of hydrogen-bond acceptors (Lipinski definition) is 28. The van der Waals surface area contributed by atoms with Crippen molar-refractivity contribution < 1.29 is 80.9 Å². The summed E-state index contributed by atoms with van der Waals surface area (Å²) in [4.78, 5) is 105. The number of benzene rings is 6. The predicted octanol–water partition coefficient (Wildman–Crippen LogP) is 14.9. The topological polar surface area (TPSA) is 399 Å². The van der Waals surface area contributed by atoms with E-state index in [9.17, 15) is 29.1 Å². The number of aliphatic hydroxyl groups is 1. The van der Waals surface area contributed by atoms with Gasteiger partial charge in [0.15, 0.2) is 23.2 Å². The molecule has 0 unspecified atom stereocenters. The van der Waals surface area contributed by atoms with Crippen LogP contribution in [0.2, 0.25) is 0 Å². The lowest BCUT2D eigenvalue weighted by molar-refractivity contribution is 0.101. The maximum Gasteiger partial charge on any atom is 0.291 e. The Kier molecular flexibility index (Phi) is 28.3. The van der Waals surface area contributed by atoms with E-state index in [0.717, 1.165) is 229 Å². The first kappa shape index (κ1) is 96.8. The number of rotatable bonds is 17. The van der Waals surface area contributed by atoms with Crippen molar-refractivity contribution in [3.8, 4) is 28.7 Å². The smallest absolute Gasteiger partial charge is 0.291 e. The maximum atomic E-state index is 13.3. The molecular weight excluding hydrogens is 1780 g/mol. The number of carbonyl (C=O) groups is 5. The third kappa shape index (κ3) is 22.9. The fourth-order valence-corrected chi connectivity index (χ4v) is 19.1. The van der Waals surface area contributed by atoms with Gasteiger partial charge in [-0.25, -0.2) is 24.9 Å². The molecule has 21 rings (SSSR count). The summed E-state index contributed by atoms with van der Waals surface area (Å²) in [6.07, 6.45) is 9.62. The fraction of sp³-hybridized carbons (Fsp3) is 0.471. The van der Waals surface area contributed by atoms with Crippen molar-refractivity contribution in [1.29, 1.82) is 0 Å². The highest BCUT2D eigenvalue weighted by Gasteiger charge is 2.40. The van der Waals surface area contributed by atoms with Crippen LogP contribution in [0.3, 0.4) is 0 Å². The monoisotopic (exact) mass is 1910 g/mol. The first-order valence-corrected chi connectivity index (χ1v) is 48.4. The number of aliphatic hydroxyl groups excluding tert-OH is 1. The zero-order chi connectivity index (χ0) is 97.2. The Hall–Kier alpha value is -12.8. The van der Waals surface area contributed by atoms with Crippen molar-refractivity contribution >= 4 is 109 Å². The number of para-hydroxylation sites is 1. The summed E-state index contributed by atoms with van der Waals surface area (Å²) in [7, 11) is 0. The number of aryl methyl sites for hydroxylation is 2. The zero-order valence-corrected chi connectivity index (χ0v) is 82.2. The molecule has 5 fully saturated rings. The van der Waals surface area contributed by atoms with Gasteiger partial charge < -0.3 is 123 Å². The number of aromatic nitrogens is 8. The molecule has 36 heteroatoms. The molecule has 0 aliphatic carbocycles. The Balaban J connectivity index is 0.000000120. The molecule has 0 radical (unpaired) electrons. The molecule has 0 bridgehead atoms. The molecule has 10 aliphatic heterocycles. The second kappa shape index (κ2) is 40.3. The number of nitrogens with one attached hydrogen (secondary N) is 8. The van der Waals surface area contributed by atoms with Crippen LogP contribution < -0.4 is 74.8 Å². The van der Waals surface area contributed by atoms with Crippen LogP contribution in [-0.4, -0.2) is 234 Å². The Morgan fingerprint density at radius 3 is 1.08 bits per heavy atom. The van der Waals surface area contributed by atoms with E-state index in [1.54, 1.807) is 35.4 Å². The average Bonchev–Trinajstić information content (AvgIpc) is 1.63. The van der Waals surface area contributed by atoms with Gasteiger partial charge in [0.05, 0.1) is 140 Å². The lowest BCUT2D eigenvalue weighted by Gasteiger charge is -2.31. The number of imidazole rings is 3. The first-order chi connectivity index (χ1) is 65.9. The van der Waals surface area contributed by atoms with Crippen molar-refractivity contribution in [2.24, 2.45) is 0 Å². The van der Waals surface area contributed by atoms with Crippen molar-refractivity contribution in [2.45, 2.75) is 182 Å². The summed E-state index contributed by atoms with van der Waals surface area (Å²) < 4.78 is 63.4. The minimum absolute atomic E-state index is 0.186. The molecule has 0 saturated carbocycles. The number of hydrogen-bond donors (Lipinski definition) is 9. The van der Waals surface area contributed by atoms with E-state index in [-0.39, 0.29) is 75.3 Å². The van der Waals surface area contributed by atoms with Gasteiger partial charge in [-0.05, 0) is 125 Å². The normalized spacial score (nSPS) is 18.1. The van der Waals surface area contributed by atoms with Crippen LogP contribution in [0.4, 0.5) is 56.9 Å². The van der Waals surface area contributed by atoms with Crippen molar-refractivity contribution in [1.82, 2.24) is 39.9 Å². The molecule has 35 nitrogen and oxygen atoms in total. The second-order valence-corrected chi connectivity index (χ2v) is 40.8. The third-order valence-electron chi connectivity index (χ3n) is 25.0. The Morgan fingerprint density at radius 1 is 0.428 bits per heavy atom. The maximum absolute atomic E-state index is 13.3. The molecule has 5 amide bonds. The zero-order valence-electron chi connectivity index (χ0n) is 81.3. The van der Waals surface area contributed by atoms with Crippen LogP contribution in [0.1, 0.15) is 200 Å². The number of fused-ring (bicyclic) bond motifs is 6. The highest BCUT2D eigenvalue weighted by Crippen LogP contribution is 2.49. The van der Waals surface area contributed by atoms with E-state index in [1.165, 1.54) is 17.6 Å². The lowest BCUT2D eigenvalue weighted by atomic mass is 9.97. The number of morpholine rings is 5. The molecule has 0 atom stereocenters. The van der Waals surface area contributed by atoms with Crippen LogP contribution in [0, 0.1) is 6.92 Å². The van der Waals surface area contributed by atoms with Gasteiger partial charge in [-0.15, -0.1) is 11.3 Å². The Labute approximate surface area is 806 Å². The summed E-state index contributed by atoms with van der Waals surface area (Å²) >= 11 is 1.41. The van der Waals surface area contributed by atoms with Gasteiger partial charge >= 0.3 is 0 Å². The summed E-state index contributed by atoms with van der Waals surface area (Å²) in [5, 5.41) is 26.4. The van der Waals surface area contributed by atoms with Gasteiger partial charge in [0.25, 0.3) is 29.5 Å². The van der Waals surface area contributed by atoms with Crippen LogP contribution in [0.5, 0.6) is 28.7 Å². The highest BCUT2D eigenvalue weighted by molar-refractivity contribution is 7.07. The number of nitrogens with zero attached hydrogens (tertiary/aromatic N) is 10. The van der Waals surface area contributed by atoms with Crippen LogP contribution in [-0.2, 0) is 74.2 Å². The Bertz CT molecular complexity index is 6280. The molecule has 5 saturated heterocycles. The molecule has 15 heterocycles. The molecule has 5 aromatic heterocycles. The van der Waals surface area contributed by atoms with Gasteiger partial charge in [-0.2, -0.15) is 0 Å². The molecule has 9 N–H and O–H groups in total. The van der Waals surface area contributed by atoms with Gasteiger partial charge in [0, 0.05) is 190 Å². The summed E-state index contributed by atoms with van der Waals surface area (Å²) in [6.45, 7) is 44.9. The predicted molar refractivity (Wildman–Crippen MR) is 530 cm³/mol. The van der Waals surface area contributed by atoms with E-state index in [2.05, 4.69) is 160 Å². The van der Waals surface area contributed by atoms with Crippen LogP contribution in [0.25, 0.3) is 11.0 Å². The van der Waals surface area contributed by atoms with E-state index in [0.29, 0.717) is 112 Å².